The van der Waals surface area contributed by atoms with Crippen LogP contribution in [0.2, 0.25) is 0 Å². The number of benzene rings is 1. The minimum absolute atomic E-state index is 0.201. The van der Waals surface area contributed by atoms with Gasteiger partial charge in [0, 0.05) is 6.04 Å². The van der Waals surface area contributed by atoms with Gasteiger partial charge < -0.3 is 10.1 Å². The molecule has 120 valence electrons. The highest BCUT2D eigenvalue weighted by Crippen LogP contribution is 2.25. The molecule has 9 heteroatoms. The van der Waals surface area contributed by atoms with Crippen molar-refractivity contribution in [2.45, 2.75) is 19.9 Å². The highest BCUT2D eigenvalue weighted by Gasteiger charge is 2.15. The summed E-state index contributed by atoms with van der Waals surface area (Å²) < 4.78 is 18.4. The van der Waals surface area contributed by atoms with E-state index < -0.39 is 30.1 Å². The Balaban J connectivity index is 2.37. The number of amides is 3. The first kappa shape index (κ1) is 17.9. The molecule has 0 aromatic heterocycles. The lowest BCUT2D eigenvalue weighted by Crippen LogP contribution is -2.50. The maximum absolute atomic E-state index is 12.9. The van der Waals surface area contributed by atoms with E-state index in [0.717, 1.165) is 0 Å². The summed E-state index contributed by atoms with van der Waals surface area (Å²) in [5, 5.41) is 2.36. The predicted molar refractivity (Wildman–Crippen MR) is 79.2 cm³/mol. The summed E-state index contributed by atoms with van der Waals surface area (Å²) in [6.07, 6.45) is 0. The molecular formula is C13H15BrFN3O4. The van der Waals surface area contributed by atoms with E-state index >= 15 is 0 Å². The summed E-state index contributed by atoms with van der Waals surface area (Å²) in [5.41, 5.74) is 3.97. The van der Waals surface area contributed by atoms with Crippen LogP contribution in [-0.4, -0.2) is 30.4 Å². The average molecular weight is 376 g/mol. The zero-order valence-electron chi connectivity index (χ0n) is 11.9. The summed E-state index contributed by atoms with van der Waals surface area (Å²) in [6, 6.07) is 3.51. The molecule has 22 heavy (non-hydrogen) atoms. The van der Waals surface area contributed by atoms with Crippen molar-refractivity contribution in [2.75, 3.05) is 6.61 Å². The Morgan fingerprint density at radius 1 is 1.23 bits per heavy atom. The van der Waals surface area contributed by atoms with Gasteiger partial charge in [0.1, 0.15) is 11.6 Å². The van der Waals surface area contributed by atoms with Gasteiger partial charge in [0.25, 0.3) is 5.91 Å². The summed E-state index contributed by atoms with van der Waals surface area (Å²) in [5.74, 6) is -2.73. The van der Waals surface area contributed by atoms with Crippen molar-refractivity contribution in [3.63, 3.8) is 0 Å². The zero-order valence-corrected chi connectivity index (χ0v) is 13.5. The standard InChI is InChI=1S/C13H15BrFN3O4/c1-7(2)16-12(20)13(21)18-17-11(19)6-22-10-4-3-8(15)5-9(10)14/h3-5,7H,6H2,1-2H3,(H,16,20)(H,17,19)(H,18,21). The maximum Gasteiger partial charge on any atom is 0.327 e. The number of hydrogen-bond acceptors (Lipinski definition) is 4. The van der Waals surface area contributed by atoms with Crippen LogP contribution in [0.25, 0.3) is 0 Å². The molecule has 0 bridgehead atoms. The van der Waals surface area contributed by atoms with Crippen molar-refractivity contribution in [1.82, 2.24) is 16.2 Å². The van der Waals surface area contributed by atoms with E-state index in [1.807, 2.05) is 10.9 Å². The van der Waals surface area contributed by atoms with E-state index in [-0.39, 0.29) is 11.8 Å². The molecule has 1 rings (SSSR count). The van der Waals surface area contributed by atoms with Gasteiger partial charge in [-0.05, 0) is 48.0 Å². The molecule has 0 aliphatic heterocycles. The second-order valence-corrected chi connectivity index (χ2v) is 5.35. The number of carbonyl (C=O) groups is 3. The second-order valence-electron chi connectivity index (χ2n) is 4.49. The fourth-order valence-corrected chi connectivity index (χ4v) is 1.75. The molecule has 0 saturated heterocycles. The fraction of sp³-hybridized carbons (Fsp3) is 0.308. The third-order valence-corrected chi connectivity index (χ3v) is 2.81. The Hall–Kier alpha value is -2.16. The van der Waals surface area contributed by atoms with Gasteiger partial charge >= 0.3 is 11.8 Å². The zero-order chi connectivity index (χ0) is 16.7. The molecule has 1 aromatic carbocycles. The van der Waals surface area contributed by atoms with Crippen molar-refractivity contribution in [3.8, 4) is 5.75 Å². The summed E-state index contributed by atoms with van der Waals surface area (Å²) in [6.45, 7) is 2.96. The highest BCUT2D eigenvalue weighted by atomic mass is 79.9. The SMILES string of the molecule is CC(C)NC(=O)C(=O)NNC(=O)COc1ccc(F)cc1Br. The minimum Gasteiger partial charge on any atom is -0.483 e. The van der Waals surface area contributed by atoms with Gasteiger partial charge in [-0.2, -0.15) is 0 Å². The van der Waals surface area contributed by atoms with Crippen LogP contribution in [0.3, 0.4) is 0 Å². The average Bonchev–Trinajstić information content (AvgIpc) is 2.43. The summed E-state index contributed by atoms with van der Waals surface area (Å²) in [7, 11) is 0. The first-order valence-corrected chi connectivity index (χ1v) is 7.06. The molecule has 7 nitrogen and oxygen atoms in total. The van der Waals surface area contributed by atoms with Gasteiger partial charge in [0.05, 0.1) is 4.47 Å². The van der Waals surface area contributed by atoms with Crippen molar-refractivity contribution < 1.29 is 23.5 Å². The largest absolute Gasteiger partial charge is 0.483 e. The minimum atomic E-state index is -0.995. The van der Waals surface area contributed by atoms with E-state index in [2.05, 4.69) is 21.2 Å². The molecule has 0 atom stereocenters. The van der Waals surface area contributed by atoms with Crippen LogP contribution in [0.1, 0.15) is 13.8 Å². The molecular weight excluding hydrogens is 361 g/mol. The number of hydrogen-bond donors (Lipinski definition) is 3. The van der Waals surface area contributed by atoms with Crippen LogP contribution >= 0.6 is 15.9 Å². The van der Waals surface area contributed by atoms with Gasteiger partial charge in [0.2, 0.25) is 0 Å². The van der Waals surface area contributed by atoms with E-state index in [1.165, 1.54) is 18.2 Å². The number of hydrazine groups is 1. The normalized spacial score (nSPS) is 10.0. The van der Waals surface area contributed by atoms with E-state index in [4.69, 9.17) is 4.74 Å². The van der Waals surface area contributed by atoms with Gasteiger partial charge in [-0.15, -0.1) is 0 Å². The topological polar surface area (TPSA) is 96.5 Å². The van der Waals surface area contributed by atoms with Gasteiger partial charge in [-0.1, -0.05) is 0 Å². The Kier molecular flexibility index (Phi) is 6.77. The number of nitrogens with one attached hydrogen (secondary N) is 3. The molecule has 0 unspecified atom stereocenters. The lowest BCUT2D eigenvalue weighted by molar-refractivity contribution is -0.141. The van der Waals surface area contributed by atoms with Crippen LogP contribution in [0.4, 0.5) is 4.39 Å². The molecule has 0 spiro atoms. The molecule has 1 aromatic rings. The fourth-order valence-electron chi connectivity index (χ4n) is 1.28. The number of carbonyl (C=O) groups excluding carboxylic acids is 3. The molecule has 0 aliphatic carbocycles. The lowest BCUT2D eigenvalue weighted by atomic mass is 10.3. The van der Waals surface area contributed by atoms with Gasteiger partial charge in [0.15, 0.2) is 6.61 Å². The smallest absolute Gasteiger partial charge is 0.327 e. The Morgan fingerprint density at radius 3 is 2.50 bits per heavy atom. The summed E-state index contributed by atoms with van der Waals surface area (Å²) in [4.78, 5) is 34.1. The van der Waals surface area contributed by atoms with Crippen LogP contribution in [0.5, 0.6) is 5.75 Å². The molecule has 0 radical (unpaired) electrons. The van der Waals surface area contributed by atoms with Crippen molar-refractivity contribution in [3.05, 3.63) is 28.5 Å². The quantitative estimate of drug-likeness (QED) is 0.531. The third-order valence-electron chi connectivity index (χ3n) is 2.19. The molecule has 0 heterocycles. The molecule has 0 fully saturated rings. The molecule has 0 saturated carbocycles. The highest BCUT2D eigenvalue weighted by molar-refractivity contribution is 9.10. The monoisotopic (exact) mass is 375 g/mol. The third kappa shape index (κ3) is 6.08. The first-order chi connectivity index (χ1) is 10.3. The predicted octanol–water partition coefficient (Wildman–Crippen LogP) is 0.639. The Labute approximate surface area is 134 Å². The van der Waals surface area contributed by atoms with E-state index in [9.17, 15) is 18.8 Å². The van der Waals surface area contributed by atoms with Gasteiger partial charge in [-0.3, -0.25) is 25.2 Å². The Bertz CT molecular complexity index is 580. The second kappa shape index (κ2) is 8.32. The maximum atomic E-state index is 12.9. The summed E-state index contributed by atoms with van der Waals surface area (Å²) >= 11 is 3.08. The molecule has 3 amide bonds. The number of halogens is 2. The van der Waals surface area contributed by atoms with Crippen molar-refractivity contribution in [2.24, 2.45) is 0 Å². The van der Waals surface area contributed by atoms with Crippen molar-refractivity contribution in [1.29, 1.82) is 0 Å². The van der Waals surface area contributed by atoms with Crippen LogP contribution in [0.15, 0.2) is 22.7 Å². The molecule has 0 aliphatic rings. The van der Waals surface area contributed by atoms with Crippen molar-refractivity contribution >= 4 is 33.7 Å². The van der Waals surface area contributed by atoms with Crippen LogP contribution in [0, 0.1) is 5.82 Å². The van der Waals surface area contributed by atoms with E-state index in [0.29, 0.717) is 4.47 Å². The lowest BCUT2D eigenvalue weighted by Gasteiger charge is -2.11. The van der Waals surface area contributed by atoms with E-state index in [1.54, 1.807) is 13.8 Å². The number of rotatable bonds is 4. The Morgan fingerprint density at radius 2 is 1.91 bits per heavy atom. The van der Waals surface area contributed by atoms with Gasteiger partial charge in [-0.25, -0.2) is 4.39 Å². The molecule has 3 N–H and O–H groups in total. The number of ether oxygens (including phenoxy) is 1. The van der Waals surface area contributed by atoms with Crippen LogP contribution in [-0.2, 0) is 14.4 Å². The first-order valence-electron chi connectivity index (χ1n) is 6.27. The van der Waals surface area contributed by atoms with Crippen LogP contribution < -0.4 is 20.9 Å².